The fourth-order valence-corrected chi connectivity index (χ4v) is 3.28. The molecule has 1 N–H and O–H groups in total. The number of nitrogens with zero attached hydrogens (tertiary/aromatic N) is 1. The lowest BCUT2D eigenvalue weighted by Gasteiger charge is -2.17. The molecule has 1 aliphatic carbocycles. The molecule has 3 rings (SSSR count). The summed E-state index contributed by atoms with van der Waals surface area (Å²) in [5.74, 6) is 0.505. The van der Waals surface area contributed by atoms with Gasteiger partial charge in [-0.1, -0.05) is 28.1 Å². The van der Waals surface area contributed by atoms with E-state index in [1.54, 1.807) is 11.3 Å². The SMILES string of the molecule is Cc1nc(CC(CNC2CC2)c2ccc(Br)cc2)cs1. The highest BCUT2D eigenvalue weighted by atomic mass is 79.9. The van der Waals surface area contributed by atoms with Crippen LogP contribution in [0, 0.1) is 6.92 Å². The third-order valence-corrected chi connectivity index (χ3v) is 5.04. The number of rotatable bonds is 6. The van der Waals surface area contributed by atoms with Crippen molar-refractivity contribution < 1.29 is 0 Å². The van der Waals surface area contributed by atoms with Crippen molar-refractivity contribution in [2.75, 3.05) is 6.54 Å². The monoisotopic (exact) mass is 350 g/mol. The van der Waals surface area contributed by atoms with Gasteiger partial charge in [-0.3, -0.25) is 0 Å². The number of aryl methyl sites for hydroxylation is 1. The Morgan fingerprint density at radius 2 is 2.10 bits per heavy atom. The van der Waals surface area contributed by atoms with Crippen molar-refractivity contribution in [3.8, 4) is 0 Å². The van der Waals surface area contributed by atoms with Crippen molar-refractivity contribution >= 4 is 27.3 Å². The zero-order chi connectivity index (χ0) is 13.9. The van der Waals surface area contributed by atoms with Crippen LogP contribution in [-0.2, 0) is 6.42 Å². The molecule has 1 atom stereocenters. The van der Waals surface area contributed by atoms with Crippen LogP contribution in [0.2, 0.25) is 0 Å². The summed E-state index contributed by atoms with van der Waals surface area (Å²) in [5.41, 5.74) is 2.62. The topological polar surface area (TPSA) is 24.9 Å². The Bertz CT molecular complexity index is 560. The number of aromatic nitrogens is 1. The molecule has 0 amide bonds. The van der Waals surface area contributed by atoms with Crippen LogP contribution in [0.3, 0.4) is 0 Å². The molecule has 0 spiro atoms. The summed E-state index contributed by atoms with van der Waals surface area (Å²) in [6.07, 6.45) is 3.69. The lowest BCUT2D eigenvalue weighted by Crippen LogP contribution is -2.24. The molecule has 0 saturated heterocycles. The van der Waals surface area contributed by atoms with E-state index in [1.807, 2.05) is 0 Å². The van der Waals surface area contributed by atoms with E-state index in [-0.39, 0.29) is 0 Å². The zero-order valence-electron chi connectivity index (χ0n) is 11.6. The van der Waals surface area contributed by atoms with Crippen molar-refractivity contribution in [2.45, 2.75) is 38.1 Å². The molecule has 0 radical (unpaired) electrons. The predicted octanol–water partition coefficient (Wildman–Crippen LogP) is 4.29. The van der Waals surface area contributed by atoms with Gasteiger partial charge in [0.1, 0.15) is 0 Å². The van der Waals surface area contributed by atoms with Crippen LogP contribution < -0.4 is 5.32 Å². The zero-order valence-corrected chi connectivity index (χ0v) is 14.0. The normalized spacial score (nSPS) is 16.3. The van der Waals surface area contributed by atoms with Crippen LogP contribution in [0.5, 0.6) is 0 Å². The largest absolute Gasteiger partial charge is 0.313 e. The molecule has 1 aliphatic rings. The number of nitrogens with one attached hydrogen (secondary N) is 1. The number of benzene rings is 1. The average Bonchev–Trinajstić information content (AvgIpc) is 3.18. The Morgan fingerprint density at radius 3 is 2.70 bits per heavy atom. The minimum absolute atomic E-state index is 0.505. The smallest absolute Gasteiger partial charge is 0.0897 e. The second-order valence-electron chi connectivity index (χ2n) is 5.49. The van der Waals surface area contributed by atoms with Gasteiger partial charge in [0.2, 0.25) is 0 Å². The summed E-state index contributed by atoms with van der Waals surface area (Å²) in [7, 11) is 0. The Morgan fingerprint density at radius 1 is 1.35 bits per heavy atom. The molecule has 4 heteroatoms. The van der Waals surface area contributed by atoms with Gasteiger partial charge in [-0.05, 0) is 43.9 Å². The maximum atomic E-state index is 4.62. The van der Waals surface area contributed by atoms with E-state index in [4.69, 9.17) is 0 Å². The number of hydrogen-bond donors (Lipinski definition) is 1. The second-order valence-corrected chi connectivity index (χ2v) is 7.47. The molecule has 1 aromatic carbocycles. The second kappa shape index (κ2) is 6.37. The van der Waals surface area contributed by atoms with Crippen LogP contribution in [0.15, 0.2) is 34.1 Å². The van der Waals surface area contributed by atoms with Gasteiger partial charge in [0.25, 0.3) is 0 Å². The molecular formula is C16H19BrN2S. The third-order valence-electron chi connectivity index (χ3n) is 3.69. The predicted molar refractivity (Wildman–Crippen MR) is 88.5 cm³/mol. The van der Waals surface area contributed by atoms with Crippen LogP contribution in [0.4, 0.5) is 0 Å². The first kappa shape index (κ1) is 14.2. The van der Waals surface area contributed by atoms with Gasteiger partial charge >= 0.3 is 0 Å². The standard InChI is InChI=1S/C16H19BrN2S/c1-11-19-16(10-20-11)8-13(9-18-15-6-7-15)12-2-4-14(17)5-3-12/h2-5,10,13,15,18H,6-9H2,1H3. The average molecular weight is 351 g/mol. The van der Waals surface area contributed by atoms with E-state index in [0.717, 1.165) is 28.5 Å². The van der Waals surface area contributed by atoms with E-state index >= 15 is 0 Å². The molecule has 0 bridgehead atoms. The van der Waals surface area contributed by atoms with E-state index in [1.165, 1.54) is 24.1 Å². The van der Waals surface area contributed by atoms with Crippen LogP contribution >= 0.6 is 27.3 Å². The van der Waals surface area contributed by atoms with E-state index in [2.05, 4.69) is 62.8 Å². The molecule has 0 aliphatic heterocycles. The first-order chi connectivity index (χ1) is 9.70. The first-order valence-electron chi connectivity index (χ1n) is 7.10. The quantitative estimate of drug-likeness (QED) is 0.840. The van der Waals surface area contributed by atoms with E-state index < -0.39 is 0 Å². The highest BCUT2D eigenvalue weighted by Crippen LogP contribution is 2.25. The molecule has 1 fully saturated rings. The molecule has 1 heterocycles. The molecule has 1 saturated carbocycles. The first-order valence-corrected chi connectivity index (χ1v) is 8.78. The summed E-state index contributed by atoms with van der Waals surface area (Å²) in [4.78, 5) is 4.62. The lowest BCUT2D eigenvalue weighted by molar-refractivity contribution is 0.573. The van der Waals surface area contributed by atoms with Crippen molar-refractivity contribution in [1.82, 2.24) is 10.3 Å². The molecule has 2 aromatic rings. The minimum atomic E-state index is 0.505. The number of hydrogen-bond acceptors (Lipinski definition) is 3. The summed E-state index contributed by atoms with van der Waals surface area (Å²) >= 11 is 5.25. The molecule has 1 unspecified atom stereocenters. The minimum Gasteiger partial charge on any atom is -0.313 e. The lowest BCUT2D eigenvalue weighted by atomic mass is 9.94. The van der Waals surface area contributed by atoms with Gasteiger partial charge in [-0.2, -0.15) is 0 Å². The van der Waals surface area contributed by atoms with Crippen molar-refractivity contribution in [3.05, 3.63) is 50.4 Å². The maximum Gasteiger partial charge on any atom is 0.0897 e. The Balaban J connectivity index is 1.73. The Hall–Kier alpha value is -0.710. The molecule has 2 nitrogen and oxygen atoms in total. The van der Waals surface area contributed by atoms with Crippen LogP contribution in [0.1, 0.15) is 35.0 Å². The summed E-state index contributed by atoms with van der Waals surface area (Å²) in [5, 5.41) is 7.01. The van der Waals surface area contributed by atoms with Crippen LogP contribution in [0.25, 0.3) is 0 Å². The maximum absolute atomic E-state index is 4.62. The fourth-order valence-electron chi connectivity index (χ4n) is 2.39. The van der Waals surface area contributed by atoms with Gasteiger partial charge in [0.05, 0.1) is 10.7 Å². The van der Waals surface area contributed by atoms with E-state index in [0.29, 0.717) is 5.92 Å². The van der Waals surface area contributed by atoms with E-state index in [9.17, 15) is 0 Å². The van der Waals surface area contributed by atoms with Gasteiger partial charge in [-0.15, -0.1) is 11.3 Å². The highest BCUT2D eigenvalue weighted by Gasteiger charge is 2.23. The Labute approximate surface area is 132 Å². The number of thiazole rings is 1. The van der Waals surface area contributed by atoms with Gasteiger partial charge in [0.15, 0.2) is 0 Å². The van der Waals surface area contributed by atoms with Gasteiger partial charge in [-0.25, -0.2) is 4.98 Å². The molecule has 106 valence electrons. The fraction of sp³-hybridized carbons (Fsp3) is 0.438. The van der Waals surface area contributed by atoms with Gasteiger partial charge in [0, 0.05) is 28.4 Å². The summed E-state index contributed by atoms with van der Waals surface area (Å²) < 4.78 is 1.14. The van der Waals surface area contributed by atoms with Crippen molar-refractivity contribution in [2.24, 2.45) is 0 Å². The molecule has 20 heavy (non-hydrogen) atoms. The van der Waals surface area contributed by atoms with Crippen LogP contribution in [-0.4, -0.2) is 17.6 Å². The summed E-state index contributed by atoms with van der Waals surface area (Å²) in [6, 6.07) is 9.47. The van der Waals surface area contributed by atoms with Crippen molar-refractivity contribution in [3.63, 3.8) is 0 Å². The highest BCUT2D eigenvalue weighted by molar-refractivity contribution is 9.10. The Kier molecular flexibility index (Phi) is 4.54. The van der Waals surface area contributed by atoms with Gasteiger partial charge < -0.3 is 5.32 Å². The third kappa shape index (κ3) is 3.90. The summed E-state index contributed by atoms with van der Waals surface area (Å²) in [6.45, 7) is 3.12. The number of halogens is 1. The van der Waals surface area contributed by atoms with Crippen molar-refractivity contribution in [1.29, 1.82) is 0 Å². The molecular weight excluding hydrogens is 332 g/mol. The molecule has 1 aromatic heterocycles.